The Labute approximate surface area is 191 Å². The third-order valence-electron chi connectivity index (χ3n) is 7.52. The van der Waals surface area contributed by atoms with Crippen molar-refractivity contribution in [3.63, 3.8) is 0 Å². The summed E-state index contributed by atoms with van der Waals surface area (Å²) in [7, 11) is 0. The first kappa shape index (κ1) is 19.4. The lowest BCUT2D eigenvalue weighted by Gasteiger charge is -2.53. The van der Waals surface area contributed by atoms with Crippen LogP contribution >= 0.6 is 0 Å². The molecule has 4 aromatic heterocycles. The summed E-state index contributed by atoms with van der Waals surface area (Å²) in [6.45, 7) is 5.46. The van der Waals surface area contributed by atoms with Gasteiger partial charge in [0.2, 0.25) is 5.95 Å². The van der Waals surface area contributed by atoms with Crippen molar-refractivity contribution in [3.05, 3.63) is 36.5 Å². The fourth-order valence-corrected chi connectivity index (χ4v) is 5.75. The first-order valence-electron chi connectivity index (χ1n) is 11.8. The minimum Gasteiger partial charge on any atom is -0.381 e. The molecular weight excluding hydrogens is 418 g/mol. The fourth-order valence-electron chi connectivity index (χ4n) is 5.75. The quantitative estimate of drug-likeness (QED) is 0.515. The number of hydrogen-bond donors (Lipinski definition) is 1. The first-order chi connectivity index (χ1) is 16.2. The molecule has 0 amide bonds. The minimum absolute atomic E-state index is 0.403. The molecule has 1 aliphatic carbocycles. The van der Waals surface area contributed by atoms with Crippen molar-refractivity contribution in [2.75, 3.05) is 31.7 Å². The molecule has 2 aliphatic heterocycles. The van der Waals surface area contributed by atoms with E-state index in [1.807, 2.05) is 23.1 Å². The molecule has 3 fully saturated rings. The van der Waals surface area contributed by atoms with Crippen LogP contribution in [0.15, 0.2) is 30.7 Å². The Morgan fingerprint density at radius 1 is 1.06 bits per heavy atom. The number of aromatic nitrogens is 6. The van der Waals surface area contributed by atoms with Gasteiger partial charge in [-0.15, -0.1) is 5.10 Å². The maximum absolute atomic E-state index is 5.57. The average Bonchev–Trinajstić information content (AvgIpc) is 3.34. The van der Waals surface area contributed by atoms with Gasteiger partial charge in [0, 0.05) is 54.2 Å². The molecule has 1 N–H and O–H groups in total. The lowest BCUT2D eigenvalue weighted by Crippen LogP contribution is -2.56. The zero-order valence-corrected chi connectivity index (χ0v) is 18.7. The van der Waals surface area contributed by atoms with Gasteiger partial charge >= 0.3 is 0 Å². The van der Waals surface area contributed by atoms with Crippen molar-refractivity contribution in [1.29, 1.82) is 0 Å². The molecule has 1 spiro atoms. The summed E-state index contributed by atoms with van der Waals surface area (Å²) in [5.41, 5.74) is 5.38. The normalized spacial score (nSPS) is 20.9. The highest BCUT2D eigenvalue weighted by Crippen LogP contribution is 2.47. The molecule has 1 saturated carbocycles. The van der Waals surface area contributed by atoms with Gasteiger partial charge in [0.25, 0.3) is 0 Å². The Kier molecular flexibility index (Phi) is 4.26. The second kappa shape index (κ2) is 7.23. The number of ether oxygens (including phenoxy) is 2. The zero-order chi connectivity index (χ0) is 22.0. The minimum atomic E-state index is 0.403. The predicted octanol–water partition coefficient (Wildman–Crippen LogP) is 3.39. The van der Waals surface area contributed by atoms with Gasteiger partial charge in [-0.05, 0) is 44.7 Å². The van der Waals surface area contributed by atoms with Gasteiger partial charge in [-0.3, -0.25) is 0 Å². The molecule has 2 saturated heterocycles. The van der Waals surface area contributed by atoms with Crippen LogP contribution < -0.4 is 5.32 Å². The molecule has 170 valence electrons. The second-order valence-electron chi connectivity index (χ2n) is 9.82. The van der Waals surface area contributed by atoms with Crippen LogP contribution in [0.3, 0.4) is 0 Å². The van der Waals surface area contributed by atoms with Crippen molar-refractivity contribution in [2.45, 2.75) is 44.7 Å². The number of nitrogens with one attached hydrogen (secondary N) is 1. The Bertz CT molecular complexity index is 1340. The van der Waals surface area contributed by atoms with E-state index in [0.29, 0.717) is 23.4 Å². The van der Waals surface area contributed by atoms with Crippen LogP contribution in [0.5, 0.6) is 0 Å². The van der Waals surface area contributed by atoms with E-state index in [9.17, 15) is 0 Å². The highest BCUT2D eigenvalue weighted by molar-refractivity contribution is 5.85. The van der Waals surface area contributed by atoms with Crippen LogP contribution in [-0.2, 0) is 9.47 Å². The van der Waals surface area contributed by atoms with E-state index in [0.717, 1.165) is 85.7 Å². The summed E-state index contributed by atoms with van der Waals surface area (Å²) in [5.74, 6) is 1.68. The van der Waals surface area contributed by atoms with Crippen molar-refractivity contribution in [2.24, 2.45) is 5.41 Å². The van der Waals surface area contributed by atoms with E-state index in [1.54, 1.807) is 0 Å². The molecule has 33 heavy (non-hydrogen) atoms. The second-order valence-corrected chi connectivity index (χ2v) is 9.82. The monoisotopic (exact) mass is 445 g/mol. The lowest BCUT2D eigenvalue weighted by molar-refractivity contribution is -0.160. The molecule has 9 heteroatoms. The Hall–Kier alpha value is -3.04. The van der Waals surface area contributed by atoms with E-state index >= 15 is 0 Å². The third-order valence-corrected chi connectivity index (χ3v) is 7.52. The van der Waals surface area contributed by atoms with Crippen molar-refractivity contribution in [1.82, 2.24) is 29.1 Å². The molecule has 7 rings (SSSR count). The molecular formula is C24H27N7O2. The Balaban J connectivity index is 1.19. The molecule has 3 aliphatic rings. The van der Waals surface area contributed by atoms with Crippen molar-refractivity contribution < 1.29 is 9.47 Å². The van der Waals surface area contributed by atoms with Crippen LogP contribution in [-0.4, -0.2) is 61.6 Å². The van der Waals surface area contributed by atoms with Crippen molar-refractivity contribution in [3.8, 4) is 11.1 Å². The summed E-state index contributed by atoms with van der Waals surface area (Å²) in [6, 6.07) is 5.12. The number of aryl methyl sites for hydroxylation is 1. The third kappa shape index (κ3) is 3.13. The number of fused-ring (bicyclic) bond motifs is 2. The van der Waals surface area contributed by atoms with Crippen LogP contribution in [0.1, 0.15) is 37.5 Å². The van der Waals surface area contributed by atoms with Gasteiger partial charge in [-0.2, -0.15) is 0 Å². The highest BCUT2D eigenvalue weighted by atomic mass is 16.5. The molecule has 4 aromatic rings. The SMILES string of the molecule is Cc1nc2ncc(-c3ccn4nc(NC5CC6(COC6)C5)ncc34)cc2n1C1CCOCC1. The molecule has 9 nitrogen and oxygen atoms in total. The number of imidazole rings is 1. The predicted molar refractivity (Wildman–Crippen MR) is 123 cm³/mol. The van der Waals surface area contributed by atoms with E-state index in [1.165, 1.54) is 0 Å². The molecule has 0 atom stereocenters. The molecule has 0 unspecified atom stereocenters. The van der Waals surface area contributed by atoms with Gasteiger partial charge in [0.15, 0.2) is 5.65 Å². The maximum Gasteiger partial charge on any atom is 0.241 e. The van der Waals surface area contributed by atoms with E-state index < -0.39 is 0 Å². The highest BCUT2D eigenvalue weighted by Gasteiger charge is 2.50. The van der Waals surface area contributed by atoms with Crippen LogP contribution in [0.25, 0.3) is 27.8 Å². The van der Waals surface area contributed by atoms with E-state index in [4.69, 9.17) is 19.6 Å². The van der Waals surface area contributed by atoms with Crippen LogP contribution in [0, 0.1) is 12.3 Å². The number of nitrogens with zero attached hydrogens (tertiary/aromatic N) is 6. The molecule has 0 bridgehead atoms. The van der Waals surface area contributed by atoms with Crippen LogP contribution in [0.4, 0.5) is 5.95 Å². The number of rotatable bonds is 4. The largest absolute Gasteiger partial charge is 0.381 e. The van der Waals surface area contributed by atoms with E-state index in [-0.39, 0.29) is 0 Å². The first-order valence-corrected chi connectivity index (χ1v) is 11.8. The lowest BCUT2D eigenvalue weighted by atomic mass is 9.64. The van der Waals surface area contributed by atoms with Crippen LogP contribution in [0.2, 0.25) is 0 Å². The maximum atomic E-state index is 5.57. The molecule has 0 radical (unpaired) electrons. The fraction of sp³-hybridized carbons (Fsp3) is 0.500. The standard InChI is InChI=1S/C24H27N7O2/c1-15-27-22-20(31(15)18-3-6-32-7-4-18)8-16(11-25-22)19-2-5-30-21(19)12-26-23(29-30)28-17-9-24(10-17)13-33-14-24/h2,5,8,11-12,17-18H,3-4,6-7,9-10,13-14H2,1H3,(H,28,29). The van der Waals surface area contributed by atoms with Gasteiger partial charge in [0.1, 0.15) is 5.82 Å². The van der Waals surface area contributed by atoms with Gasteiger partial charge in [-0.25, -0.2) is 19.5 Å². The van der Waals surface area contributed by atoms with Gasteiger partial charge in [-0.1, -0.05) is 0 Å². The Morgan fingerprint density at radius 3 is 2.70 bits per heavy atom. The summed E-state index contributed by atoms with van der Waals surface area (Å²) >= 11 is 0. The topological polar surface area (TPSA) is 91.4 Å². The summed E-state index contributed by atoms with van der Waals surface area (Å²) in [6.07, 6.45) is 10.1. The summed E-state index contributed by atoms with van der Waals surface area (Å²) < 4.78 is 15.2. The average molecular weight is 446 g/mol. The summed E-state index contributed by atoms with van der Waals surface area (Å²) in [5, 5.41) is 8.18. The zero-order valence-electron chi connectivity index (χ0n) is 18.7. The summed E-state index contributed by atoms with van der Waals surface area (Å²) in [4.78, 5) is 14.0. The number of anilines is 1. The number of pyridine rings is 1. The van der Waals surface area contributed by atoms with Gasteiger partial charge in [0.05, 0.1) is 30.4 Å². The van der Waals surface area contributed by atoms with Gasteiger partial charge < -0.3 is 19.4 Å². The molecule has 6 heterocycles. The molecule has 0 aromatic carbocycles. The van der Waals surface area contributed by atoms with E-state index in [2.05, 4.69) is 38.9 Å². The smallest absolute Gasteiger partial charge is 0.241 e. The number of hydrogen-bond acceptors (Lipinski definition) is 7. The van der Waals surface area contributed by atoms with Crippen molar-refractivity contribution >= 4 is 22.6 Å². The Morgan fingerprint density at radius 2 is 1.91 bits per heavy atom.